The first kappa shape index (κ1) is 22.7. The number of phenols is 1. The summed E-state index contributed by atoms with van der Waals surface area (Å²) in [5.74, 6) is 0.418. The molecule has 0 aliphatic carbocycles. The molecule has 180 valence electrons. The molecule has 0 radical (unpaired) electrons. The zero-order chi connectivity index (χ0) is 25.3. The summed E-state index contributed by atoms with van der Waals surface area (Å²) < 4.78 is 39.8. The van der Waals surface area contributed by atoms with Crippen LogP contribution in [0.2, 0.25) is 0 Å². The molecular weight excluding hydrogens is 488 g/mol. The summed E-state index contributed by atoms with van der Waals surface area (Å²) in [6, 6.07) is 6.18. The number of benzene rings is 1. The fraction of sp³-hybridized carbons (Fsp3) is 0.0909. The van der Waals surface area contributed by atoms with Crippen molar-refractivity contribution >= 4 is 38.7 Å². The van der Waals surface area contributed by atoms with Gasteiger partial charge in [-0.15, -0.1) is 0 Å². The Morgan fingerprint density at radius 3 is 2.61 bits per heavy atom. The molecule has 2 N–H and O–H groups in total. The molecule has 0 atom stereocenters. The van der Waals surface area contributed by atoms with Crippen molar-refractivity contribution in [2.24, 2.45) is 4.99 Å². The number of ether oxygens (including phenoxy) is 2. The number of nitrogens with one attached hydrogen (secondary N) is 1. The maximum Gasteiger partial charge on any atom is 0.298 e. The Hall–Kier alpha value is -5.03. The molecule has 0 unspecified atom stereocenters. The van der Waals surface area contributed by atoms with Gasteiger partial charge in [0.2, 0.25) is 5.90 Å². The molecule has 4 heterocycles. The van der Waals surface area contributed by atoms with Crippen LogP contribution in [0.25, 0.3) is 22.7 Å². The van der Waals surface area contributed by atoms with Gasteiger partial charge in [-0.25, -0.2) is 29.9 Å². The Morgan fingerprint density at radius 2 is 1.86 bits per heavy atom. The Bertz CT molecular complexity index is 1740. The highest BCUT2D eigenvalue weighted by atomic mass is 32.2. The van der Waals surface area contributed by atoms with Gasteiger partial charge in [-0.2, -0.15) is 8.42 Å². The van der Waals surface area contributed by atoms with E-state index in [1.54, 1.807) is 12.1 Å². The third kappa shape index (κ3) is 4.03. The highest BCUT2D eigenvalue weighted by Crippen LogP contribution is 2.36. The highest BCUT2D eigenvalue weighted by Gasteiger charge is 2.25. The number of sulfonamides is 1. The summed E-state index contributed by atoms with van der Waals surface area (Å²) in [5.41, 5.74) is 6.27. The van der Waals surface area contributed by atoms with Crippen LogP contribution in [-0.2, 0) is 14.8 Å². The van der Waals surface area contributed by atoms with Gasteiger partial charge < -0.3 is 14.6 Å². The van der Waals surface area contributed by atoms with E-state index in [2.05, 4.69) is 46.1 Å². The van der Waals surface area contributed by atoms with Crippen LogP contribution in [0.5, 0.6) is 11.5 Å². The first-order valence-electron chi connectivity index (χ1n) is 10.2. The van der Waals surface area contributed by atoms with Crippen LogP contribution in [0.1, 0.15) is 5.82 Å². The molecule has 0 fully saturated rings. The van der Waals surface area contributed by atoms with Crippen molar-refractivity contribution in [3.8, 4) is 17.2 Å². The lowest BCUT2D eigenvalue weighted by Gasteiger charge is -2.14. The number of fused-ring (bicyclic) bond motifs is 1. The van der Waals surface area contributed by atoms with Crippen molar-refractivity contribution < 1.29 is 23.0 Å². The Kier molecular flexibility index (Phi) is 5.66. The number of aromatic nitrogens is 6. The average molecular weight is 504 g/mol. The second-order valence-electron chi connectivity index (χ2n) is 7.05. The number of nitrogens with zero attached hydrogens (tertiary/aromatic N) is 7. The summed E-state index contributed by atoms with van der Waals surface area (Å²) in [7, 11) is -1.27. The minimum atomic E-state index is -4.15. The zero-order valence-electron chi connectivity index (χ0n) is 18.7. The van der Waals surface area contributed by atoms with Crippen LogP contribution in [0.15, 0.2) is 70.5 Å². The molecule has 1 aliphatic heterocycles. The first-order chi connectivity index (χ1) is 17.4. The number of imidazole rings is 1. The summed E-state index contributed by atoms with van der Waals surface area (Å²) in [6.45, 7) is 0. The standard InChI is InChI=1S/C22H16N8O5S/c1-34-15-8-4-7-14(31)18(15)30-20(13-6-3-9-17(26-13)35-2)28-19-21(30)27-16(12-25-19)29-36(32,33)22-23-10-5-11-24-22/h4-5,7-12,31H,1-2H3,(H,27,29). The lowest BCUT2D eigenvalue weighted by Crippen LogP contribution is -2.17. The van der Waals surface area contributed by atoms with Crippen LogP contribution in [0.3, 0.4) is 0 Å². The summed E-state index contributed by atoms with van der Waals surface area (Å²) in [5, 5.41) is 10.3. The molecule has 0 amide bonds. The van der Waals surface area contributed by atoms with E-state index in [1.807, 2.05) is 0 Å². The number of aromatic hydroxyl groups is 1. The van der Waals surface area contributed by atoms with Crippen molar-refractivity contribution in [1.82, 2.24) is 29.5 Å². The van der Waals surface area contributed by atoms with E-state index in [4.69, 9.17) is 9.47 Å². The van der Waals surface area contributed by atoms with E-state index in [0.29, 0.717) is 0 Å². The maximum atomic E-state index is 12.7. The summed E-state index contributed by atoms with van der Waals surface area (Å²) in [4.78, 5) is 25.0. The molecular formula is C22H16N8O5S. The van der Waals surface area contributed by atoms with Gasteiger partial charge in [0.15, 0.2) is 28.6 Å². The van der Waals surface area contributed by atoms with Crippen molar-refractivity contribution in [1.29, 1.82) is 0 Å². The lowest BCUT2D eigenvalue weighted by atomic mass is 10.2. The van der Waals surface area contributed by atoms with Crippen molar-refractivity contribution in [2.75, 3.05) is 18.9 Å². The molecule has 0 saturated carbocycles. The highest BCUT2D eigenvalue weighted by molar-refractivity contribution is 7.92. The second-order valence-corrected chi connectivity index (χ2v) is 8.63. The van der Waals surface area contributed by atoms with Gasteiger partial charge in [0.1, 0.15) is 17.2 Å². The van der Waals surface area contributed by atoms with Gasteiger partial charge >= 0.3 is 0 Å². The Balaban J connectivity index is 1.74. The Morgan fingerprint density at radius 1 is 1.06 bits per heavy atom. The lowest BCUT2D eigenvalue weighted by molar-refractivity contribution is 0.405. The fourth-order valence-electron chi connectivity index (χ4n) is 3.33. The Labute approximate surface area is 203 Å². The van der Waals surface area contributed by atoms with Crippen molar-refractivity contribution in [3.05, 3.63) is 66.2 Å². The maximum absolute atomic E-state index is 12.7. The predicted octanol–water partition coefficient (Wildman–Crippen LogP) is 1.83. The van der Waals surface area contributed by atoms with Crippen LogP contribution in [0.4, 0.5) is 5.82 Å². The number of para-hydroxylation sites is 1. The molecule has 36 heavy (non-hydrogen) atoms. The second kappa shape index (κ2) is 8.96. The van der Waals surface area contributed by atoms with Gasteiger partial charge in [0.25, 0.3) is 15.2 Å². The van der Waals surface area contributed by atoms with E-state index in [9.17, 15) is 13.5 Å². The predicted molar refractivity (Wildman–Crippen MR) is 127 cm³/mol. The number of rotatable bonds is 6. The monoisotopic (exact) mass is 504 g/mol. The molecule has 13 nitrogen and oxygen atoms in total. The fourth-order valence-corrected chi connectivity index (χ4v) is 4.19. The largest absolute Gasteiger partial charge is 0.506 e. The molecule has 0 saturated heterocycles. The number of aliphatic imine (C=N–C) groups is 1. The van der Waals surface area contributed by atoms with E-state index in [-0.39, 0.29) is 51.7 Å². The zero-order valence-corrected chi connectivity index (χ0v) is 19.6. The smallest absolute Gasteiger partial charge is 0.298 e. The molecule has 1 aliphatic rings. The number of anilines is 1. The van der Waals surface area contributed by atoms with Gasteiger partial charge in [0, 0.05) is 12.4 Å². The van der Waals surface area contributed by atoms with E-state index < -0.39 is 15.2 Å². The third-order valence-electron chi connectivity index (χ3n) is 4.84. The molecule has 0 spiro atoms. The molecule has 4 aromatic rings. The van der Waals surface area contributed by atoms with Crippen molar-refractivity contribution in [3.63, 3.8) is 0 Å². The molecule has 1 aromatic carbocycles. The van der Waals surface area contributed by atoms with Gasteiger partial charge in [-0.1, -0.05) is 11.8 Å². The average Bonchev–Trinajstić information content (AvgIpc) is 3.27. The summed E-state index contributed by atoms with van der Waals surface area (Å²) in [6.07, 6.45) is 5.29. The minimum absolute atomic E-state index is 0.0944. The van der Waals surface area contributed by atoms with Gasteiger partial charge in [-0.05, 0) is 23.9 Å². The van der Waals surface area contributed by atoms with E-state index in [0.717, 1.165) is 0 Å². The molecule has 5 rings (SSSR count). The van der Waals surface area contributed by atoms with E-state index >= 15 is 0 Å². The number of methoxy groups -OCH3 is 2. The molecule has 14 heteroatoms. The topological polar surface area (TPSA) is 167 Å². The molecule has 0 bridgehead atoms. The van der Waals surface area contributed by atoms with Crippen LogP contribution in [-0.4, -0.2) is 63.1 Å². The quantitative estimate of drug-likeness (QED) is 0.292. The number of hydrogen-bond acceptors (Lipinski definition) is 11. The SMILES string of the molecule is COC1=NC(c2nc3ncc(NS(=O)(=O)c4ncccn4)nc3n2-c2c(O)cccc2OC)=C=C=C1. The summed E-state index contributed by atoms with van der Waals surface area (Å²) >= 11 is 0. The van der Waals surface area contributed by atoms with Crippen LogP contribution in [0, 0.1) is 0 Å². The number of hydrogen-bond donors (Lipinski definition) is 2. The number of phenolic OH excluding ortho intramolecular Hbond substituents is 1. The first-order valence-corrected chi connectivity index (χ1v) is 11.7. The van der Waals surface area contributed by atoms with Crippen LogP contribution >= 0.6 is 0 Å². The van der Waals surface area contributed by atoms with Gasteiger partial charge in [0.05, 0.1) is 26.5 Å². The molecule has 3 aromatic heterocycles. The van der Waals surface area contributed by atoms with Crippen molar-refractivity contribution in [2.45, 2.75) is 5.16 Å². The normalized spacial score (nSPS) is 12.8. The van der Waals surface area contributed by atoms with Gasteiger partial charge in [-0.3, -0.25) is 9.29 Å². The van der Waals surface area contributed by atoms with Crippen LogP contribution < -0.4 is 9.46 Å². The van der Waals surface area contributed by atoms with E-state index in [1.165, 1.54) is 55.6 Å². The minimum Gasteiger partial charge on any atom is -0.506 e. The third-order valence-corrected chi connectivity index (χ3v) is 6.01.